The third-order valence-electron chi connectivity index (χ3n) is 4.61. The number of ether oxygens (including phenoxy) is 3. The summed E-state index contributed by atoms with van der Waals surface area (Å²) in [4.78, 5) is 24.0. The number of nitrogens with one attached hydrogen (secondary N) is 1. The van der Waals surface area contributed by atoms with E-state index in [0.29, 0.717) is 5.92 Å². The number of anilines is 1. The number of fused-ring (bicyclic) bond motifs is 3. The molecule has 1 aromatic carbocycles. The van der Waals surface area contributed by atoms with Gasteiger partial charge in [-0.3, -0.25) is 9.59 Å². The zero-order valence-electron chi connectivity index (χ0n) is 13.0. The van der Waals surface area contributed by atoms with Gasteiger partial charge < -0.3 is 19.5 Å². The van der Waals surface area contributed by atoms with Crippen LogP contribution in [0.3, 0.4) is 0 Å². The van der Waals surface area contributed by atoms with Gasteiger partial charge in [-0.25, -0.2) is 0 Å². The number of esters is 1. The molecule has 3 aliphatic rings. The Hall–Kier alpha value is -2.64. The van der Waals surface area contributed by atoms with Crippen LogP contribution in [0.15, 0.2) is 30.4 Å². The zero-order valence-corrected chi connectivity index (χ0v) is 13.0. The average molecular weight is 351 g/mol. The lowest BCUT2D eigenvalue weighted by Crippen LogP contribution is -2.26. The van der Waals surface area contributed by atoms with Crippen molar-refractivity contribution in [2.45, 2.75) is 19.1 Å². The van der Waals surface area contributed by atoms with Gasteiger partial charge in [-0.1, -0.05) is 12.2 Å². The van der Waals surface area contributed by atoms with Gasteiger partial charge >= 0.3 is 12.3 Å². The first kappa shape index (κ1) is 15.9. The monoisotopic (exact) mass is 351 g/mol. The highest BCUT2D eigenvalue weighted by Crippen LogP contribution is 2.44. The third-order valence-corrected chi connectivity index (χ3v) is 4.61. The van der Waals surface area contributed by atoms with Gasteiger partial charge in [0.15, 0.2) is 18.1 Å². The van der Waals surface area contributed by atoms with Crippen LogP contribution in [0.25, 0.3) is 0 Å². The van der Waals surface area contributed by atoms with Gasteiger partial charge in [0.25, 0.3) is 5.91 Å². The molecule has 6 nitrogen and oxygen atoms in total. The molecule has 1 N–H and O–H groups in total. The molecule has 25 heavy (non-hydrogen) atoms. The molecule has 1 fully saturated rings. The van der Waals surface area contributed by atoms with E-state index in [4.69, 9.17) is 4.74 Å². The van der Waals surface area contributed by atoms with E-state index in [2.05, 4.69) is 20.9 Å². The molecule has 8 heteroatoms. The molecule has 0 spiro atoms. The number of hydrogen-bond donors (Lipinski definition) is 1. The van der Waals surface area contributed by atoms with Gasteiger partial charge in [0, 0.05) is 11.8 Å². The Morgan fingerprint density at radius 3 is 2.72 bits per heavy atom. The number of allylic oxidation sites excluding steroid dienone is 2. The van der Waals surface area contributed by atoms with Crippen LogP contribution in [0.4, 0.5) is 14.5 Å². The maximum atomic E-state index is 13.0. The third kappa shape index (κ3) is 3.16. The first-order chi connectivity index (χ1) is 11.9. The molecule has 0 radical (unpaired) electrons. The van der Waals surface area contributed by atoms with Gasteiger partial charge in [0.2, 0.25) is 0 Å². The van der Waals surface area contributed by atoms with Crippen molar-refractivity contribution in [3.05, 3.63) is 30.4 Å². The summed E-state index contributed by atoms with van der Waals surface area (Å²) in [5, 5.41) is 2.47. The number of benzene rings is 1. The van der Waals surface area contributed by atoms with Gasteiger partial charge in [0.05, 0.1) is 5.92 Å². The first-order valence-corrected chi connectivity index (χ1v) is 7.94. The Labute approximate surface area is 141 Å². The maximum Gasteiger partial charge on any atom is 0.586 e. The number of hydrogen-bond acceptors (Lipinski definition) is 5. The van der Waals surface area contributed by atoms with Crippen molar-refractivity contribution >= 4 is 17.6 Å². The zero-order chi connectivity index (χ0) is 17.6. The summed E-state index contributed by atoms with van der Waals surface area (Å²) < 4.78 is 39.6. The average Bonchev–Trinajstić information content (AvgIpc) is 3.24. The Morgan fingerprint density at radius 1 is 1.20 bits per heavy atom. The van der Waals surface area contributed by atoms with Crippen LogP contribution in [0.2, 0.25) is 0 Å². The van der Waals surface area contributed by atoms with Crippen molar-refractivity contribution in [3.63, 3.8) is 0 Å². The highest BCUT2D eigenvalue weighted by Gasteiger charge is 2.43. The van der Waals surface area contributed by atoms with E-state index in [9.17, 15) is 18.4 Å². The second-order valence-corrected chi connectivity index (χ2v) is 6.37. The summed E-state index contributed by atoms with van der Waals surface area (Å²) in [7, 11) is 0. The second kappa shape index (κ2) is 5.72. The number of carbonyl (C=O) groups is 2. The molecule has 1 heterocycles. The number of rotatable bonds is 4. The standard InChI is InChI=1S/C17H15F2NO5/c18-17(19)24-13-4-3-11(7-14(13)25-17)20-15(21)8-23-16(22)12-6-9-1-2-10(12)5-9/h1-4,7,9-10,12H,5-6,8H2,(H,20,21)/t9-,10+,12-/m1/s1. The van der Waals surface area contributed by atoms with Crippen molar-refractivity contribution in [1.29, 1.82) is 0 Å². The van der Waals surface area contributed by atoms with Gasteiger partial charge in [-0.2, -0.15) is 0 Å². The lowest BCUT2D eigenvalue weighted by Gasteiger charge is -2.16. The second-order valence-electron chi connectivity index (χ2n) is 6.37. The number of carbonyl (C=O) groups excluding carboxylic acids is 2. The molecular weight excluding hydrogens is 336 g/mol. The van der Waals surface area contributed by atoms with Crippen LogP contribution in [0, 0.1) is 17.8 Å². The number of alkyl halides is 2. The van der Waals surface area contributed by atoms with Crippen molar-refractivity contribution in [2.24, 2.45) is 17.8 Å². The van der Waals surface area contributed by atoms with Crippen LogP contribution >= 0.6 is 0 Å². The maximum absolute atomic E-state index is 13.0. The number of halogens is 2. The fourth-order valence-corrected chi connectivity index (χ4v) is 3.52. The molecule has 1 aromatic rings. The summed E-state index contributed by atoms with van der Waals surface area (Å²) in [5.41, 5.74) is 0.240. The molecule has 2 bridgehead atoms. The SMILES string of the molecule is O=C(COC(=O)[C@@H]1C[C@@H]2C=C[C@H]1C2)Nc1ccc2c(c1)OC(F)(F)O2. The minimum Gasteiger partial charge on any atom is -0.455 e. The molecule has 0 aromatic heterocycles. The molecule has 132 valence electrons. The quantitative estimate of drug-likeness (QED) is 0.667. The van der Waals surface area contributed by atoms with Crippen LogP contribution in [0.1, 0.15) is 12.8 Å². The summed E-state index contributed by atoms with van der Waals surface area (Å²) in [6, 6.07) is 3.88. The van der Waals surface area contributed by atoms with E-state index < -0.39 is 18.8 Å². The Kier molecular flexibility index (Phi) is 3.63. The Morgan fingerprint density at radius 2 is 2.00 bits per heavy atom. The minimum atomic E-state index is -3.71. The van der Waals surface area contributed by atoms with Crippen molar-refractivity contribution in [2.75, 3.05) is 11.9 Å². The fourth-order valence-electron chi connectivity index (χ4n) is 3.52. The van der Waals surface area contributed by atoms with E-state index in [-0.39, 0.29) is 35.0 Å². The van der Waals surface area contributed by atoms with Gasteiger partial charge in [-0.05, 0) is 36.8 Å². The van der Waals surface area contributed by atoms with Crippen LogP contribution < -0.4 is 14.8 Å². The van der Waals surface area contributed by atoms with Crippen molar-refractivity contribution < 1.29 is 32.6 Å². The highest BCUT2D eigenvalue weighted by molar-refractivity contribution is 5.93. The Bertz CT molecular complexity index is 763. The van der Waals surface area contributed by atoms with Gasteiger partial charge in [-0.15, -0.1) is 8.78 Å². The summed E-state index contributed by atoms with van der Waals surface area (Å²) in [5.74, 6) is -0.767. The van der Waals surface area contributed by atoms with Crippen LogP contribution in [-0.4, -0.2) is 24.8 Å². The normalized spacial score (nSPS) is 27.4. The molecule has 0 unspecified atom stereocenters. The molecule has 3 atom stereocenters. The van der Waals surface area contributed by atoms with Crippen molar-refractivity contribution in [3.8, 4) is 11.5 Å². The van der Waals surface area contributed by atoms with E-state index in [1.54, 1.807) is 0 Å². The van der Waals surface area contributed by atoms with Gasteiger partial charge in [0.1, 0.15) is 0 Å². The summed E-state index contributed by atoms with van der Waals surface area (Å²) in [6.45, 7) is -0.430. The topological polar surface area (TPSA) is 73.9 Å². The lowest BCUT2D eigenvalue weighted by atomic mass is 9.94. The fraction of sp³-hybridized carbons (Fsp3) is 0.412. The van der Waals surface area contributed by atoms with E-state index >= 15 is 0 Å². The van der Waals surface area contributed by atoms with Crippen LogP contribution in [0.5, 0.6) is 11.5 Å². The smallest absolute Gasteiger partial charge is 0.455 e. The minimum absolute atomic E-state index is 0.112. The largest absolute Gasteiger partial charge is 0.586 e. The predicted molar refractivity (Wildman–Crippen MR) is 81.1 cm³/mol. The molecule has 1 aliphatic heterocycles. The van der Waals surface area contributed by atoms with Crippen molar-refractivity contribution in [1.82, 2.24) is 0 Å². The van der Waals surface area contributed by atoms with E-state index in [1.165, 1.54) is 18.2 Å². The molecule has 1 saturated carbocycles. The predicted octanol–water partition coefficient (Wildman–Crippen LogP) is 2.70. The number of amides is 1. The van der Waals surface area contributed by atoms with E-state index in [0.717, 1.165) is 12.8 Å². The molecule has 1 amide bonds. The van der Waals surface area contributed by atoms with Crippen LogP contribution in [-0.2, 0) is 14.3 Å². The van der Waals surface area contributed by atoms with E-state index in [1.807, 2.05) is 6.08 Å². The molecular formula is C17H15F2NO5. The first-order valence-electron chi connectivity index (χ1n) is 7.94. The Balaban J connectivity index is 1.30. The highest BCUT2D eigenvalue weighted by atomic mass is 19.3. The molecule has 4 rings (SSSR count). The summed E-state index contributed by atoms with van der Waals surface area (Å²) >= 11 is 0. The molecule has 0 saturated heterocycles. The summed E-state index contributed by atoms with van der Waals surface area (Å²) in [6.07, 6.45) is 2.16. The lowest BCUT2D eigenvalue weighted by molar-refractivity contribution is -0.286. The molecule has 2 aliphatic carbocycles.